The number of halogens is 1. The van der Waals surface area contributed by atoms with Gasteiger partial charge < -0.3 is 9.64 Å². The molecule has 0 fully saturated rings. The first kappa shape index (κ1) is 27.3. The molecule has 0 N–H and O–H groups in total. The molecule has 0 aliphatic carbocycles. The van der Waals surface area contributed by atoms with Crippen LogP contribution in [0.5, 0.6) is 0 Å². The second-order valence-corrected chi connectivity index (χ2v) is 11.9. The third-order valence-corrected chi connectivity index (χ3v) is 7.21. The minimum Gasteiger partial charge on any atom is -0.443 e. The van der Waals surface area contributed by atoms with Crippen molar-refractivity contribution in [3.05, 3.63) is 54.5 Å². The molecule has 36 heavy (non-hydrogen) atoms. The lowest BCUT2D eigenvalue weighted by atomic mass is 9.98. The summed E-state index contributed by atoms with van der Waals surface area (Å²) in [6, 6.07) is 4.28. The van der Waals surface area contributed by atoms with Gasteiger partial charge in [-0.25, -0.2) is 26.9 Å². The summed E-state index contributed by atoms with van der Waals surface area (Å²) in [5.41, 5.74) is -2.14. The quantitative estimate of drug-likeness (QED) is 0.0956. The van der Waals surface area contributed by atoms with Gasteiger partial charge in [-0.1, -0.05) is 0 Å². The zero-order valence-corrected chi connectivity index (χ0v) is 23.0. The summed E-state index contributed by atoms with van der Waals surface area (Å²) < 4.78 is 34.2. The van der Waals surface area contributed by atoms with Crippen molar-refractivity contribution in [3.63, 3.8) is 0 Å². The van der Waals surface area contributed by atoms with Gasteiger partial charge in [-0.15, -0.1) is 0 Å². The Hall–Kier alpha value is -3.34. The molecule has 1 aromatic carbocycles. The standard InChI is InChI=1S/C21H23IN6O7S/c1-21(2,3)19(30)35-12-26-18(29)17-16(24-20(26)23-11-25(4)5)15(22)10-27(17)36(33,34)14-8-6-13(7-9-14)28(31)32/h6-11H,12H2,1-5H3/b23-11+. The molecular weight excluding hydrogens is 607 g/mol. The maximum absolute atomic E-state index is 13.6. The van der Waals surface area contributed by atoms with E-state index in [2.05, 4.69) is 9.98 Å². The highest BCUT2D eigenvalue weighted by Crippen LogP contribution is 2.27. The van der Waals surface area contributed by atoms with E-state index in [1.165, 1.54) is 12.5 Å². The number of nitrogens with zero attached hydrogens (tertiary/aromatic N) is 6. The van der Waals surface area contributed by atoms with Gasteiger partial charge in [-0.05, 0) is 55.5 Å². The van der Waals surface area contributed by atoms with Crippen LogP contribution in [0, 0.1) is 19.1 Å². The Balaban J connectivity index is 2.24. The number of nitro groups is 1. The van der Waals surface area contributed by atoms with Crippen LogP contribution in [0.4, 0.5) is 11.6 Å². The zero-order chi connectivity index (χ0) is 27.0. The summed E-state index contributed by atoms with van der Waals surface area (Å²) in [6.07, 6.45) is 2.62. The minimum absolute atomic E-state index is 0.0791. The molecule has 3 rings (SSSR count). The first-order valence-electron chi connectivity index (χ1n) is 10.3. The number of benzene rings is 1. The van der Waals surface area contributed by atoms with Crippen molar-refractivity contribution in [2.45, 2.75) is 32.4 Å². The van der Waals surface area contributed by atoms with E-state index < -0.39 is 38.6 Å². The largest absolute Gasteiger partial charge is 0.443 e. The Bertz CT molecular complexity index is 1530. The lowest BCUT2D eigenvalue weighted by Crippen LogP contribution is -2.30. The van der Waals surface area contributed by atoms with Crippen molar-refractivity contribution in [3.8, 4) is 0 Å². The van der Waals surface area contributed by atoms with E-state index in [4.69, 9.17) is 4.74 Å². The van der Waals surface area contributed by atoms with Crippen LogP contribution in [-0.2, 0) is 26.3 Å². The molecule has 192 valence electrons. The van der Waals surface area contributed by atoms with E-state index >= 15 is 0 Å². The smallest absolute Gasteiger partial charge is 0.312 e. The van der Waals surface area contributed by atoms with Crippen LogP contribution in [0.1, 0.15) is 20.8 Å². The Kier molecular flexibility index (Phi) is 7.54. The fourth-order valence-corrected chi connectivity index (χ4v) is 5.09. The van der Waals surface area contributed by atoms with E-state index in [0.717, 1.165) is 32.8 Å². The monoisotopic (exact) mass is 630 g/mol. The van der Waals surface area contributed by atoms with Gasteiger partial charge in [0.25, 0.3) is 21.3 Å². The first-order chi connectivity index (χ1) is 16.6. The van der Waals surface area contributed by atoms with Gasteiger partial charge in [-0.3, -0.25) is 19.7 Å². The number of rotatable bonds is 7. The summed E-state index contributed by atoms with van der Waals surface area (Å²) in [5.74, 6) is -0.674. The van der Waals surface area contributed by atoms with Gasteiger partial charge in [0, 0.05) is 32.4 Å². The lowest BCUT2D eigenvalue weighted by molar-refractivity contribution is -0.384. The highest BCUT2D eigenvalue weighted by atomic mass is 127. The molecule has 0 saturated carbocycles. The fourth-order valence-electron chi connectivity index (χ4n) is 2.89. The van der Waals surface area contributed by atoms with Gasteiger partial charge in [0.15, 0.2) is 6.73 Å². The van der Waals surface area contributed by atoms with Crippen molar-refractivity contribution in [1.29, 1.82) is 0 Å². The van der Waals surface area contributed by atoms with E-state index in [1.807, 2.05) is 22.6 Å². The number of non-ortho nitro benzene ring substituents is 1. The van der Waals surface area contributed by atoms with Crippen LogP contribution in [0.2, 0.25) is 0 Å². The van der Waals surface area contributed by atoms with E-state index in [9.17, 15) is 28.1 Å². The number of hydrogen-bond donors (Lipinski definition) is 0. The average Bonchev–Trinajstić information content (AvgIpc) is 3.13. The van der Waals surface area contributed by atoms with Crippen molar-refractivity contribution in [2.75, 3.05) is 14.1 Å². The van der Waals surface area contributed by atoms with Crippen LogP contribution in [0.15, 0.2) is 45.1 Å². The Morgan fingerprint density at radius 1 is 1.28 bits per heavy atom. The molecule has 13 nitrogen and oxygen atoms in total. The maximum atomic E-state index is 13.6. The summed E-state index contributed by atoms with van der Waals surface area (Å²) in [7, 11) is -0.919. The summed E-state index contributed by atoms with van der Waals surface area (Å²) in [4.78, 5) is 46.1. The van der Waals surface area contributed by atoms with Gasteiger partial charge in [0.05, 0.1) is 25.1 Å². The number of fused-ring (bicyclic) bond motifs is 1. The molecule has 2 heterocycles. The van der Waals surface area contributed by atoms with Crippen LogP contribution >= 0.6 is 22.6 Å². The van der Waals surface area contributed by atoms with Gasteiger partial charge in [0.2, 0.25) is 5.95 Å². The highest BCUT2D eigenvalue weighted by Gasteiger charge is 2.28. The molecule has 3 aromatic rings. The predicted octanol–water partition coefficient (Wildman–Crippen LogP) is 2.72. The first-order valence-corrected chi connectivity index (χ1v) is 12.9. The maximum Gasteiger partial charge on any atom is 0.312 e. The normalized spacial score (nSPS) is 12.3. The van der Waals surface area contributed by atoms with E-state index in [-0.39, 0.29) is 27.6 Å². The van der Waals surface area contributed by atoms with Crippen molar-refractivity contribution in [1.82, 2.24) is 18.4 Å². The van der Waals surface area contributed by atoms with Gasteiger partial charge >= 0.3 is 5.97 Å². The van der Waals surface area contributed by atoms with Crippen LogP contribution in [0.25, 0.3) is 11.0 Å². The number of nitro benzene ring substituents is 1. The molecule has 0 atom stereocenters. The number of aliphatic imine (C=N–C) groups is 1. The number of hydrogen-bond acceptors (Lipinski definition) is 9. The van der Waals surface area contributed by atoms with Crippen LogP contribution in [-0.4, -0.2) is 58.2 Å². The average molecular weight is 630 g/mol. The van der Waals surface area contributed by atoms with Gasteiger partial charge in [-0.2, -0.15) is 0 Å². The molecule has 2 aromatic heterocycles. The third kappa shape index (κ3) is 5.40. The topological polar surface area (TPSA) is 159 Å². The minimum atomic E-state index is -4.34. The summed E-state index contributed by atoms with van der Waals surface area (Å²) in [5, 5.41) is 10.9. The highest BCUT2D eigenvalue weighted by molar-refractivity contribution is 14.1. The Labute approximate surface area is 219 Å². The molecule has 0 saturated heterocycles. The number of ether oxygens (including phenoxy) is 1. The van der Waals surface area contributed by atoms with E-state index in [1.54, 1.807) is 39.8 Å². The molecule has 0 radical (unpaired) electrons. The van der Waals surface area contributed by atoms with Crippen LogP contribution < -0.4 is 5.56 Å². The molecule has 0 spiro atoms. The molecule has 15 heteroatoms. The molecular formula is C21H23IN6O7S. The molecule has 0 aliphatic heterocycles. The van der Waals surface area contributed by atoms with Crippen molar-refractivity contribution in [2.24, 2.45) is 10.4 Å². The number of carbonyl (C=O) groups excluding carboxylic acids is 1. The van der Waals surface area contributed by atoms with Crippen molar-refractivity contribution >= 4 is 67.6 Å². The molecule has 0 unspecified atom stereocenters. The van der Waals surface area contributed by atoms with Crippen LogP contribution in [0.3, 0.4) is 0 Å². The van der Waals surface area contributed by atoms with E-state index in [0.29, 0.717) is 3.57 Å². The number of carbonyl (C=O) groups is 1. The zero-order valence-electron chi connectivity index (χ0n) is 20.0. The summed E-state index contributed by atoms with van der Waals surface area (Å²) >= 11 is 1.85. The molecule has 0 aliphatic rings. The Morgan fingerprint density at radius 2 is 1.89 bits per heavy atom. The van der Waals surface area contributed by atoms with Crippen molar-refractivity contribution < 1.29 is 22.9 Å². The second-order valence-electron chi connectivity index (χ2n) is 8.89. The Morgan fingerprint density at radius 3 is 2.42 bits per heavy atom. The third-order valence-electron chi connectivity index (χ3n) is 4.75. The second kappa shape index (κ2) is 9.96. The lowest BCUT2D eigenvalue weighted by Gasteiger charge is -2.18. The number of esters is 1. The fraction of sp³-hybridized carbons (Fsp3) is 0.333. The summed E-state index contributed by atoms with van der Waals surface area (Å²) in [6.45, 7) is 4.40. The SMILES string of the molecule is CN(C)/C=N/c1nc2c(I)cn(S(=O)(=O)c3ccc([N+](=O)[O-])cc3)c2c(=O)n1COC(=O)C(C)(C)C. The predicted molar refractivity (Wildman–Crippen MR) is 140 cm³/mol. The number of aromatic nitrogens is 3. The molecule has 0 bridgehead atoms. The molecule has 0 amide bonds. The van der Waals surface area contributed by atoms with Gasteiger partial charge in [0.1, 0.15) is 11.0 Å².